The summed E-state index contributed by atoms with van der Waals surface area (Å²) in [4.78, 5) is 22.8. The third-order valence-corrected chi connectivity index (χ3v) is 3.93. The van der Waals surface area contributed by atoms with Crippen LogP contribution in [0.1, 0.15) is 41.0 Å². The Morgan fingerprint density at radius 1 is 1.04 bits per heavy atom. The van der Waals surface area contributed by atoms with Crippen LogP contribution in [0.5, 0.6) is 0 Å². The Labute approximate surface area is 139 Å². The SMILES string of the molecule is CC(=O)/C(C)=C/C=C/C=C/C=C/C(C)=C/C1=C(C)C(=O)[C@H](C)C1. The molecule has 0 saturated heterocycles. The highest BCUT2D eigenvalue weighted by Gasteiger charge is 2.25. The van der Waals surface area contributed by atoms with Crippen molar-refractivity contribution in [2.75, 3.05) is 0 Å². The van der Waals surface area contributed by atoms with Crippen LogP contribution < -0.4 is 0 Å². The van der Waals surface area contributed by atoms with Crippen LogP contribution in [-0.4, -0.2) is 11.6 Å². The van der Waals surface area contributed by atoms with E-state index in [-0.39, 0.29) is 17.5 Å². The number of Topliss-reactive ketones (excluding diaryl/α,β-unsaturated/α-hetero) is 2. The molecular formula is C21H26O2. The molecule has 0 aliphatic heterocycles. The van der Waals surface area contributed by atoms with Crippen molar-refractivity contribution in [2.45, 2.75) is 41.0 Å². The van der Waals surface area contributed by atoms with E-state index in [0.717, 1.165) is 28.7 Å². The molecule has 0 fully saturated rings. The van der Waals surface area contributed by atoms with Crippen LogP contribution in [0.4, 0.5) is 0 Å². The van der Waals surface area contributed by atoms with Crippen molar-refractivity contribution < 1.29 is 9.59 Å². The molecule has 1 aliphatic rings. The van der Waals surface area contributed by atoms with E-state index in [4.69, 9.17) is 0 Å². The molecule has 1 rings (SSSR count). The van der Waals surface area contributed by atoms with Gasteiger partial charge in [0.1, 0.15) is 0 Å². The lowest BCUT2D eigenvalue weighted by atomic mass is 10.1. The van der Waals surface area contributed by atoms with Gasteiger partial charge in [0.15, 0.2) is 11.6 Å². The Balaban J connectivity index is 2.58. The van der Waals surface area contributed by atoms with Gasteiger partial charge in [-0.1, -0.05) is 61.1 Å². The smallest absolute Gasteiger partial charge is 0.161 e. The largest absolute Gasteiger partial charge is 0.295 e. The first-order valence-corrected chi connectivity index (χ1v) is 7.94. The summed E-state index contributed by atoms with van der Waals surface area (Å²) in [5, 5.41) is 0. The molecule has 0 spiro atoms. The van der Waals surface area contributed by atoms with E-state index < -0.39 is 0 Å². The number of ketones is 2. The number of allylic oxidation sites excluding steroid dienone is 12. The fourth-order valence-corrected chi connectivity index (χ4v) is 2.31. The summed E-state index contributed by atoms with van der Waals surface area (Å²) in [6.07, 6.45) is 16.3. The van der Waals surface area contributed by atoms with Gasteiger partial charge in [-0.3, -0.25) is 9.59 Å². The number of hydrogen-bond donors (Lipinski definition) is 0. The Hall–Kier alpha value is -2.22. The van der Waals surface area contributed by atoms with Gasteiger partial charge >= 0.3 is 0 Å². The van der Waals surface area contributed by atoms with Gasteiger partial charge in [-0.2, -0.15) is 0 Å². The molecule has 0 N–H and O–H groups in total. The zero-order valence-corrected chi connectivity index (χ0v) is 14.7. The van der Waals surface area contributed by atoms with Crippen molar-refractivity contribution in [2.24, 2.45) is 5.92 Å². The van der Waals surface area contributed by atoms with Crippen LogP contribution in [0.25, 0.3) is 0 Å². The Kier molecular flexibility index (Phi) is 7.40. The predicted octanol–water partition coefficient (Wildman–Crippen LogP) is 5.06. The molecule has 1 atom stereocenters. The summed E-state index contributed by atoms with van der Waals surface area (Å²) >= 11 is 0. The van der Waals surface area contributed by atoms with Crippen LogP contribution >= 0.6 is 0 Å². The van der Waals surface area contributed by atoms with Crippen LogP contribution in [0.3, 0.4) is 0 Å². The van der Waals surface area contributed by atoms with E-state index in [1.165, 1.54) is 0 Å². The van der Waals surface area contributed by atoms with Crippen molar-refractivity contribution in [3.05, 3.63) is 70.9 Å². The molecule has 0 aromatic rings. The highest BCUT2D eigenvalue weighted by Crippen LogP contribution is 2.29. The minimum atomic E-state index is 0.0867. The summed E-state index contributed by atoms with van der Waals surface area (Å²) in [5.74, 6) is 0.477. The first-order chi connectivity index (χ1) is 10.8. The van der Waals surface area contributed by atoms with E-state index >= 15 is 0 Å². The molecule has 0 unspecified atom stereocenters. The zero-order valence-electron chi connectivity index (χ0n) is 14.7. The fourth-order valence-electron chi connectivity index (χ4n) is 2.31. The van der Waals surface area contributed by atoms with E-state index in [1.807, 2.05) is 57.2 Å². The van der Waals surface area contributed by atoms with Gasteiger partial charge in [0, 0.05) is 5.92 Å². The molecule has 0 saturated carbocycles. The maximum Gasteiger partial charge on any atom is 0.161 e. The molecule has 2 nitrogen and oxygen atoms in total. The fraction of sp³-hybridized carbons (Fsp3) is 0.333. The van der Waals surface area contributed by atoms with Gasteiger partial charge in [-0.15, -0.1) is 0 Å². The molecule has 0 radical (unpaired) electrons. The van der Waals surface area contributed by atoms with Crippen LogP contribution in [0.2, 0.25) is 0 Å². The highest BCUT2D eigenvalue weighted by atomic mass is 16.1. The second-order valence-corrected chi connectivity index (χ2v) is 6.04. The summed E-state index contributed by atoms with van der Waals surface area (Å²) in [6, 6.07) is 0. The second-order valence-electron chi connectivity index (χ2n) is 6.04. The van der Waals surface area contributed by atoms with Crippen molar-refractivity contribution in [1.82, 2.24) is 0 Å². The van der Waals surface area contributed by atoms with Gasteiger partial charge in [0.2, 0.25) is 0 Å². The van der Waals surface area contributed by atoms with Gasteiger partial charge in [-0.25, -0.2) is 0 Å². The van der Waals surface area contributed by atoms with Crippen molar-refractivity contribution in [3.63, 3.8) is 0 Å². The van der Waals surface area contributed by atoms with E-state index in [0.29, 0.717) is 0 Å². The number of rotatable bonds is 6. The maximum atomic E-state index is 11.8. The number of carbonyl (C=O) groups is 2. The monoisotopic (exact) mass is 310 g/mol. The average molecular weight is 310 g/mol. The minimum absolute atomic E-state index is 0.0867. The Morgan fingerprint density at radius 3 is 2.22 bits per heavy atom. The van der Waals surface area contributed by atoms with Crippen molar-refractivity contribution in [3.8, 4) is 0 Å². The van der Waals surface area contributed by atoms with Crippen LogP contribution in [0, 0.1) is 5.92 Å². The van der Waals surface area contributed by atoms with Gasteiger partial charge in [0.25, 0.3) is 0 Å². The first-order valence-electron chi connectivity index (χ1n) is 7.94. The van der Waals surface area contributed by atoms with Gasteiger partial charge in [-0.05, 0) is 50.8 Å². The van der Waals surface area contributed by atoms with Gasteiger partial charge in [0.05, 0.1) is 0 Å². The number of carbonyl (C=O) groups excluding carboxylic acids is 2. The van der Waals surface area contributed by atoms with E-state index in [1.54, 1.807) is 19.9 Å². The Bertz CT molecular complexity index is 649. The lowest BCUT2D eigenvalue weighted by molar-refractivity contribution is -0.117. The predicted molar refractivity (Wildman–Crippen MR) is 97.1 cm³/mol. The molecule has 0 amide bonds. The normalized spacial score (nSPS) is 20.7. The first kappa shape index (κ1) is 18.8. The quantitative estimate of drug-likeness (QED) is 0.507. The lowest BCUT2D eigenvalue weighted by Gasteiger charge is -1.97. The molecule has 122 valence electrons. The second kappa shape index (κ2) is 9.04. The lowest BCUT2D eigenvalue weighted by Crippen LogP contribution is -2.03. The third kappa shape index (κ3) is 6.19. The average Bonchev–Trinajstić information content (AvgIpc) is 2.73. The zero-order chi connectivity index (χ0) is 17.4. The van der Waals surface area contributed by atoms with Crippen molar-refractivity contribution >= 4 is 11.6 Å². The third-order valence-electron chi connectivity index (χ3n) is 3.93. The molecule has 2 heteroatoms. The molecule has 0 aromatic heterocycles. The topological polar surface area (TPSA) is 34.1 Å². The molecule has 0 heterocycles. The number of hydrogen-bond acceptors (Lipinski definition) is 2. The minimum Gasteiger partial charge on any atom is -0.295 e. The van der Waals surface area contributed by atoms with Gasteiger partial charge < -0.3 is 0 Å². The summed E-state index contributed by atoms with van der Waals surface area (Å²) in [6.45, 7) is 9.29. The van der Waals surface area contributed by atoms with E-state index in [9.17, 15) is 9.59 Å². The maximum absolute atomic E-state index is 11.8. The summed E-state index contributed by atoms with van der Waals surface area (Å²) in [5.41, 5.74) is 3.92. The summed E-state index contributed by atoms with van der Waals surface area (Å²) in [7, 11) is 0. The van der Waals surface area contributed by atoms with Crippen molar-refractivity contribution in [1.29, 1.82) is 0 Å². The summed E-state index contributed by atoms with van der Waals surface area (Å²) < 4.78 is 0. The van der Waals surface area contributed by atoms with E-state index in [2.05, 4.69) is 6.08 Å². The Morgan fingerprint density at radius 2 is 1.65 bits per heavy atom. The molecule has 23 heavy (non-hydrogen) atoms. The standard InChI is InChI=1S/C21H26O2/c1-15(13-20-14-17(3)21(23)18(20)4)11-9-7-6-8-10-12-16(2)19(5)22/h6-13,17H,14H2,1-5H3/b7-6+,10-8+,11-9+,15-13+,16-12+/t17-/m1/s1. The molecule has 0 aromatic carbocycles. The molecular weight excluding hydrogens is 284 g/mol. The highest BCUT2D eigenvalue weighted by molar-refractivity contribution is 6.00. The van der Waals surface area contributed by atoms with Crippen LogP contribution in [-0.2, 0) is 9.59 Å². The van der Waals surface area contributed by atoms with Crippen LogP contribution in [0.15, 0.2) is 70.9 Å². The molecule has 0 bridgehead atoms. The molecule has 1 aliphatic carbocycles.